The lowest BCUT2D eigenvalue weighted by molar-refractivity contribution is 0.0696. The molecule has 0 aliphatic heterocycles. The number of nitrogen functional groups attached to an aromatic ring is 1. The van der Waals surface area contributed by atoms with Crippen LogP contribution in [0.3, 0.4) is 0 Å². The molecule has 1 aromatic carbocycles. The van der Waals surface area contributed by atoms with Crippen LogP contribution in [0.25, 0.3) is 5.82 Å². The number of anilines is 1. The van der Waals surface area contributed by atoms with Crippen LogP contribution in [-0.2, 0) is 0 Å². The number of carbonyl (C=O) groups excluding carboxylic acids is 1. The summed E-state index contributed by atoms with van der Waals surface area (Å²) >= 11 is 0. The highest BCUT2D eigenvalue weighted by atomic mass is 16.6. The van der Waals surface area contributed by atoms with Gasteiger partial charge in [-0.25, -0.2) is 14.8 Å². The van der Waals surface area contributed by atoms with E-state index >= 15 is 0 Å². The number of aromatic carboxylic acids is 1. The Morgan fingerprint density at radius 2 is 2.07 bits per heavy atom. The summed E-state index contributed by atoms with van der Waals surface area (Å²) in [6.07, 6.45) is 1.24. The van der Waals surface area contributed by atoms with Crippen molar-refractivity contribution in [2.75, 3.05) is 5.73 Å². The highest BCUT2D eigenvalue weighted by molar-refractivity contribution is 5.99. The molecule has 0 fully saturated rings. The van der Waals surface area contributed by atoms with Gasteiger partial charge >= 0.3 is 5.97 Å². The number of rotatable bonds is 6. The van der Waals surface area contributed by atoms with Gasteiger partial charge in [-0.2, -0.15) is 9.78 Å². The number of nitrogens with two attached hydrogens (primary N) is 1. The Balaban J connectivity index is 1.85. The second kappa shape index (κ2) is 7.65. The Kier molecular flexibility index (Phi) is 5.11. The van der Waals surface area contributed by atoms with Crippen molar-refractivity contribution >= 4 is 23.9 Å². The second-order valence-electron chi connectivity index (χ2n) is 5.95. The van der Waals surface area contributed by atoms with Crippen LogP contribution in [0.2, 0.25) is 0 Å². The first-order valence-corrected chi connectivity index (χ1v) is 8.09. The molecule has 0 aliphatic rings. The lowest BCUT2D eigenvalue weighted by atomic mass is 10.1. The molecule has 2 heterocycles. The van der Waals surface area contributed by atoms with E-state index in [1.165, 1.54) is 17.0 Å². The van der Waals surface area contributed by atoms with E-state index in [0.717, 1.165) is 0 Å². The molecule has 0 radical (unpaired) electrons. The molecule has 1 amide bonds. The van der Waals surface area contributed by atoms with Crippen molar-refractivity contribution in [2.24, 2.45) is 5.10 Å². The third-order valence-corrected chi connectivity index (χ3v) is 3.72. The molecule has 0 spiro atoms. The topological polar surface area (TPSA) is 174 Å². The largest absolute Gasteiger partial charge is 0.478 e. The standard InChI is InChI=1S/C16H16N8O4/c1-8(2)12-11(19-23-24(12)14-13(17)21-28-22-14)15(25)20-18-7-9-5-3-4-6-10(9)16(26)27/h3-8H,1-2H3,(H2,17,21)(H,20,25)(H,26,27)/b18-7-. The molecule has 12 heteroatoms. The first-order chi connectivity index (χ1) is 13.4. The van der Waals surface area contributed by atoms with Gasteiger partial charge in [0.05, 0.1) is 17.5 Å². The lowest BCUT2D eigenvalue weighted by Crippen LogP contribution is -2.21. The summed E-state index contributed by atoms with van der Waals surface area (Å²) in [5, 5.41) is 27.9. The summed E-state index contributed by atoms with van der Waals surface area (Å²) in [4.78, 5) is 23.7. The van der Waals surface area contributed by atoms with Crippen molar-refractivity contribution in [1.82, 2.24) is 30.7 Å². The van der Waals surface area contributed by atoms with E-state index in [4.69, 9.17) is 10.8 Å². The predicted octanol–water partition coefficient (Wildman–Crippen LogP) is 0.818. The fraction of sp³-hybridized carbons (Fsp3) is 0.188. The lowest BCUT2D eigenvalue weighted by Gasteiger charge is -2.08. The van der Waals surface area contributed by atoms with Gasteiger partial charge in [-0.1, -0.05) is 37.3 Å². The minimum absolute atomic E-state index is 0.00190. The van der Waals surface area contributed by atoms with Crippen LogP contribution in [0.4, 0.5) is 5.82 Å². The first-order valence-electron chi connectivity index (χ1n) is 8.09. The molecule has 0 saturated heterocycles. The van der Waals surface area contributed by atoms with Crippen LogP contribution >= 0.6 is 0 Å². The Hall–Kier alpha value is -4.09. The molecule has 0 atom stereocenters. The average molecular weight is 384 g/mol. The fourth-order valence-corrected chi connectivity index (χ4v) is 2.48. The Labute approximate surface area is 158 Å². The summed E-state index contributed by atoms with van der Waals surface area (Å²) in [5.74, 6) is -1.77. The first kappa shape index (κ1) is 18.7. The van der Waals surface area contributed by atoms with Crippen molar-refractivity contribution in [1.29, 1.82) is 0 Å². The van der Waals surface area contributed by atoms with Crippen molar-refractivity contribution < 1.29 is 19.3 Å². The highest BCUT2D eigenvalue weighted by Crippen LogP contribution is 2.22. The van der Waals surface area contributed by atoms with Crippen LogP contribution in [0.15, 0.2) is 34.0 Å². The van der Waals surface area contributed by atoms with Gasteiger partial charge in [-0.3, -0.25) is 4.79 Å². The number of nitrogens with zero attached hydrogens (tertiary/aromatic N) is 6. The fourth-order valence-electron chi connectivity index (χ4n) is 2.48. The summed E-state index contributed by atoms with van der Waals surface area (Å²) in [7, 11) is 0. The van der Waals surface area contributed by atoms with Crippen LogP contribution in [-0.4, -0.2) is 48.5 Å². The van der Waals surface area contributed by atoms with E-state index in [9.17, 15) is 9.59 Å². The Bertz CT molecular complexity index is 1050. The van der Waals surface area contributed by atoms with E-state index in [0.29, 0.717) is 11.3 Å². The maximum absolute atomic E-state index is 12.5. The minimum atomic E-state index is -1.10. The van der Waals surface area contributed by atoms with Crippen LogP contribution in [0.5, 0.6) is 0 Å². The Morgan fingerprint density at radius 1 is 1.32 bits per heavy atom. The number of carboxylic acids is 1. The molecule has 144 valence electrons. The van der Waals surface area contributed by atoms with Crippen LogP contribution in [0.1, 0.15) is 51.9 Å². The van der Waals surface area contributed by atoms with Gasteiger partial charge in [-0.15, -0.1) is 5.10 Å². The summed E-state index contributed by atoms with van der Waals surface area (Å²) in [5.41, 5.74) is 8.84. The van der Waals surface area contributed by atoms with Crippen molar-refractivity contribution in [3.8, 4) is 5.82 Å². The molecule has 3 aromatic rings. The number of benzene rings is 1. The summed E-state index contributed by atoms with van der Waals surface area (Å²) in [6.45, 7) is 3.67. The monoisotopic (exact) mass is 384 g/mol. The quantitative estimate of drug-likeness (QED) is 0.410. The van der Waals surface area contributed by atoms with Gasteiger partial charge in [0, 0.05) is 5.56 Å². The van der Waals surface area contributed by atoms with E-state index < -0.39 is 11.9 Å². The zero-order chi connectivity index (χ0) is 20.3. The molecule has 2 aromatic heterocycles. The minimum Gasteiger partial charge on any atom is -0.478 e. The molecule has 3 rings (SSSR count). The molecule has 28 heavy (non-hydrogen) atoms. The third-order valence-electron chi connectivity index (χ3n) is 3.72. The van der Waals surface area contributed by atoms with Gasteiger partial charge < -0.3 is 10.8 Å². The zero-order valence-electron chi connectivity index (χ0n) is 14.9. The van der Waals surface area contributed by atoms with Gasteiger partial charge in [0.25, 0.3) is 5.91 Å². The second-order valence-corrected chi connectivity index (χ2v) is 5.95. The number of aromatic nitrogens is 5. The molecular weight excluding hydrogens is 368 g/mol. The zero-order valence-corrected chi connectivity index (χ0v) is 14.9. The number of carbonyl (C=O) groups is 2. The SMILES string of the molecule is CC(C)c1c(C(=O)N/N=C\c2ccccc2C(=O)O)nnn1-c1nonc1N. The van der Waals surface area contributed by atoms with Gasteiger partial charge in [-0.05, 0) is 22.3 Å². The number of nitrogens with one attached hydrogen (secondary N) is 1. The smallest absolute Gasteiger partial charge is 0.336 e. The maximum Gasteiger partial charge on any atom is 0.336 e. The van der Waals surface area contributed by atoms with Crippen LogP contribution in [0, 0.1) is 0 Å². The van der Waals surface area contributed by atoms with Crippen molar-refractivity contribution in [3.63, 3.8) is 0 Å². The van der Waals surface area contributed by atoms with Crippen molar-refractivity contribution in [3.05, 3.63) is 46.8 Å². The summed E-state index contributed by atoms with van der Waals surface area (Å²) in [6, 6.07) is 6.26. The Morgan fingerprint density at radius 3 is 2.71 bits per heavy atom. The highest BCUT2D eigenvalue weighted by Gasteiger charge is 2.25. The molecular formula is C16H16N8O4. The van der Waals surface area contributed by atoms with E-state index in [1.807, 2.05) is 13.8 Å². The molecule has 0 unspecified atom stereocenters. The van der Waals surface area contributed by atoms with Crippen molar-refractivity contribution in [2.45, 2.75) is 19.8 Å². The molecule has 12 nitrogen and oxygen atoms in total. The molecule has 4 N–H and O–H groups in total. The third kappa shape index (κ3) is 3.56. The molecule has 0 saturated carbocycles. The van der Waals surface area contributed by atoms with Gasteiger partial charge in [0.2, 0.25) is 11.6 Å². The van der Waals surface area contributed by atoms with Gasteiger partial charge in [0.15, 0.2) is 5.69 Å². The van der Waals surface area contributed by atoms with Crippen LogP contribution < -0.4 is 11.2 Å². The van der Waals surface area contributed by atoms with E-state index in [1.54, 1.807) is 18.2 Å². The summed E-state index contributed by atoms with van der Waals surface area (Å²) < 4.78 is 5.84. The number of hydrogen-bond acceptors (Lipinski definition) is 9. The van der Waals surface area contributed by atoms with Gasteiger partial charge in [0.1, 0.15) is 0 Å². The number of carboxylic acid groups (broad SMARTS) is 1. The van der Waals surface area contributed by atoms with E-state index in [2.05, 4.69) is 35.8 Å². The number of amides is 1. The number of hydrogen-bond donors (Lipinski definition) is 3. The predicted molar refractivity (Wildman–Crippen MR) is 96.2 cm³/mol. The molecule has 0 bridgehead atoms. The molecule has 0 aliphatic carbocycles. The average Bonchev–Trinajstić information content (AvgIpc) is 3.27. The normalized spacial score (nSPS) is 11.2. The maximum atomic E-state index is 12.5. The van der Waals surface area contributed by atoms with E-state index in [-0.39, 0.29) is 28.8 Å². The number of hydrazone groups is 1.